The molecule has 0 spiro atoms. The summed E-state index contributed by atoms with van der Waals surface area (Å²) < 4.78 is 19.0. The van der Waals surface area contributed by atoms with Gasteiger partial charge in [0.05, 0.1) is 0 Å². The zero-order valence-corrected chi connectivity index (χ0v) is 12.3. The zero-order chi connectivity index (χ0) is 15.2. The highest BCUT2D eigenvalue weighted by Gasteiger charge is 2.10. The highest BCUT2D eigenvalue weighted by Crippen LogP contribution is 2.15. The summed E-state index contributed by atoms with van der Waals surface area (Å²) in [5.74, 6) is 0.593. The molecule has 0 bridgehead atoms. The summed E-state index contributed by atoms with van der Waals surface area (Å²) in [5.41, 5.74) is 0.453. The number of aromatic nitrogens is 3. The van der Waals surface area contributed by atoms with Crippen molar-refractivity contribution in [3.8, 4) is 6.01 Å². The lowest BCUT2D eigenvalue weighted by molar-refractivity contribution is 0.275. The van der Waals surface area contributed by atoms with Crippen molar-refractivity contribution in [2.24, 2.45) is 0 Å². The van der Waals surface area contributed by atoms with Crippen LogP contribution in [0.15, 0.2) is 24.3 Å². The summed E-state index contributed by atoms with van der Waals surface area (Å²) >= 11 is 0. The SMILES string of the molecule is CCNc1nc(OCc2ccccc2F)nc(N(C)C)n1. The number of hydrogen-bond acceptors (Lipinski definition) is 6. The van der Waals surface area contributed by atoms with Crippen LogP contribution < -0.4 is 15.0 Å². The Kier molecular flexibility index (Phi) is 4.86. The predicted molar refractivity (Wildman–Crippen MR) is 79.0 cm³/mol. The molecule has 0 fully saturated rings. The Morgan fingerprint density at radius 3 is 2.62 bits per heavy atom. The molecule has 7 heteroatoms. The van der Waals surface area contributed by atoms with Crippen LogP contribution in [0.5, 0.6) is 6.01 Å². The molecule has 1 N–H and O–H groups in total. The van der Waals surface area contributed by atoms with Crippen molar-refractivity contribution in [2.45, 2.75) is 13.5 Å². The minimum atomic E-state index is -0.314. The first-order valence-electron chi connectivity index (χ1n) is 6.63. The third-order valence-corrected chi connectivity index (χ3v) is 2.65. The Balaban J connectivity index is 2.17. The number of halogens is 1. The van der Waals surface area contributed by atoms with Crippen LogP contribution in [0.2, 0.25) is 0 Å². The second-order valence-corrected chi connectivity index (χ2v) is 4.55. The average molecular weight is 291 g/mol. The molecular formula is C14H18FN5O. The van der Waals surface area contributed by atoms with Gasteiger partial charge in [-0.25, -0.2) is 4.39 Å². The van der Waals surface area contributed by atoms with E-state index in [9.17, 15) is 4.39 Å². The molecule has 0 saturated heterocycles. The van der Waals surface area contributed by atoms with Crippen LogP contribution >= 0.6 is 0 Å². The second-order valence-electron chi connectivity index (χ2n) is 4.55. The maximum atomic E-state index is 13.5. The Labute approximate surface area is 123 Å². The van der Waals surface area contributed by atoms with Crippen molar-refractivity contribution in [1.29, 1.82) is 0 Å². The molecule has 0 aliphatic rings. The van der Waals surface area contributed by atoms with Gasteiger partial charge in [-0.2, -0.15) is 15.0 Å². The van der Waals surface area contributed by atoms with Gasteiger partial charge in [0.1, 0.15) is 12.4 Å². The molecule has 21 heavy (non-hydrogen) atoms. The summed E-state index contributed by atoms with van der Waals surface area (Å²) in [6.07, 6.45) is 0. The van der Waals surface area contributed by atoms with E-state index in [0.29, 0.717) is 24.0 Å². The van der Waals surface area contributed by atoms with E-state index in [4.69, 9.17) is 4.74 Å². The average Bonchev–Trinajstić information content (AvgIpc) is 2.46. The van der Waals surface area contributed by atoms with Gasteiger partial charge < -0.3 is 15.0 Å². The van der Waals surface area contributed by atoms with Gasteiger partial charge >= 0.3 is 6.01 Å². The molecule has 0 atom stereocenters. The van der Waals surface area contributed by atoms with Crippen molar-refractivity contribution in [2.75, 3.05) is 30.9 Å². The molecule has 6 nitrogen and oxygen atoms in total. The quantitative estimate of drug-likeness (QED) is 0.879. The van der Waals surface area contributed by atoms with Crippen LogP contribution in [-0.2, 0) is 6.61 Å². The van der Waals surface area contributed by atoms with E-state index in [1.807, 2.05) is 21.0 Å². The Morgan fingerprint density at radius 2 is 1.95 bits per heavy atom. The number of anilines is 2. The lowest BCUT2D eigenvalue weighted by atomic mass is 10.2. The smallest absolute Gasteiger partial charge is 0.323 e. The van der Waals surface area contributed by atoms with Crippen molar-refractivity contribution >= 4 is 11.9 Å². The zero-order valence-electron chi connectivity index (χ0n) is 12.3. The molecular weight excluding hydrogens is 273 g/mol. The standard InChI is InChI=1S/C14H18FN5O/c1-4-16-12-17-13(20(2)3)19-14(18-12)21-9-10-7-5-6-8-11(10)15/h5-8H,4,9H2,1-3H3,(H,16,17,18,19). The van der Waals surface area contributed by atoms with Crippen molar-refractivity contribution in [1.82, 2.24) is 15.0 Å². The second kappa shape index (κ2) is 6.83. The summed E-state index contributed by atoms with van der Waals surface area (Å²) in [5, 5.41) is 3.01. The molecule has 1 aromatic heterocycles. The van der Waals surface area contributed by atoms with Gasteiger partial charge in [-0.1, -0.05) is 18.2 Å². The number of rotatable bonds is 6. The van der Waals surface area contributed by atoms with E-state index in [-0.39, 0.29) is 18.4 Å². The van der Waals surface area contributed by atoms with Gasteiger partial charge in [0.25, 0.3) is 0 Å². The number of nitrogens with zero attached hydrogens (tertiary/aromatic N) is 4. The summed E-state index contributed by atoms with van der Waals surface area (Å²) in [6.45, 7) is 2.69. The van der Waals surface area contributed by atoms with E-state index in [2.05, 4.69) is 20.3 Å². The highest BCUT2D eigenvalue weighted by molar-refractivity contribution is 5.36. The number of ether oxygens (including phenoxy) is 1. The molecule has 0 aliphatic carbocycles. The Hall–Kier alpha value is -2.44. The lowest BCUT2D eigenvalue weighted by Crippen LogP contribution is -2.16. The molecule has 0 aliphatic heterocycles. The topological polar surface area (TPSA) is 63.2 Å². The number of benzene rings is 1. The minimum absolute atomic E-state index is 0.0646. The first kappa shape index (κ1) is 15.0. The molecule has 2 aromatic rings. The minimum Gasteiger partial charge on any atom is -0.458 e. The van der Waals surface area contributed by atoms with Crippen LogP contribution in [0.1, 0.15) is 12.5 Å². The van der Waals surface area contributed by atoms with Crippen LogP contribution in [-0.4, -0.2) is 35.6 Å². The number of nitrogens with one attached hydrogen (secondary N) is 1. The van der Waals surface area contributed by atoms with Gasteiger partial charge in [-0.3, -0.25) is 0 Å². The maximum absolute atomic E-state index is 13.5. The van der Waals surface area contributed by atoms with E-state index in [1.54, 1.807) is 23.1 Å². The maximum Gasteiger partial charge on any atom is 0.323 e. The molecule has 0 saturated carbocycles. The third-order valence-electron chi connectivity index (χ3n) is 2.65. The third kappa shape index (κ3) is 4.01. The van der Waals surface area contributed by atoms with Crippen molar-refractivity contribution in [3.63, 3.8) is 0 Å². The van der Waals surface area contributed by atoms with E-state index in [1.165, 1.54) is 6.07 Å². The van der Waals surface area contributed by atoms with Gasteiger partial charge in [0.15, 0.2) is 0 Å². The molecule has 0 radical (unpaired) electrons. The van der Waals surface area contributed by atoms with Crippen molar-refractivity contribution in [3.05, 3.63) is 35.6 Å². The van der Waals surface area contributed by atoms with Gasteiger partial charge in [0.2, 0.25) is 11.9 Å². The lowest BCUT2D eigenvalue weighted by Gasteiger charge is -2.13. The van der Waals surface area contributed by atoms with E-state index >= 15 is 0 Å². The van der Waals surface area contributed by atoms with Crippen LogP contribution in [0.25, 0.3) is 0 Å². The largest absolute Gasteiger partial charge is 0.458 e. The fourth-order valence-electron chi connectivity index (χ4n) is 1.61. The molecule has 2 rings (SSSR count). The summed E-state index contributed by atoms with van der Waals surface area (Å²) in [4.78, 5) is 14.3. The van der Waals surface area contributed by atoms with Crippen LogP contribution in [0.3, 0.4) is 0 Å². The predicted octanol–water partition coefficient (Wildman–Crippen LogP) is 2.09. The molecule has 0 amide bonds. The van der Waals surface area contributed by atoms with E-state index < -0.39 is 0 Å². The van der Waals surface area contributed by atoms with Crippen molar-refractivity contribution < 1.29 is 9.13 Å². The normalized spacial score (nSPS) is 10.3. The fourth-order valence-corrected chi connectivity index (χ4v) is 1.61. The van der Waals surface area contributed by atoms with Gasteiger partial charge in [0, 0.05) is 26.2 Å². The first-order valence-corrected chi connectivity index (χ1v) is 6.63. The Bertz CT molecular complexity index is 606. The molecule has 0 unspecified atom stereocenters. The molecule has 1 heterocycles. The Morgan fingerprint density at radius 1 is 1.19 bits per heavy atom. The monoisotopic (exact) mass is 291 g/mol. The fraction of sp³-hybridized carbons (Fsp3) is 0.357. The highest BCUT2D eigenvalue weighted by atomic mass is 19.1. The van der Waals surface area contributed by atoms with Crippen LogP contribution in [0, 0.1) is 5.82 Å². The number of hydrogen-bond donors (Lipinski definition) is 1. The summed E-state index contributed by atoms with van der Waals surface area (Å²) in [7, 11) is 3.65. The van der Waals surface area contributed by atoms with Gasteiger partial charge in [-0.15, -0.1) is 0 Å². The van der Waals surface area contributed by atoms with E-state index in [0.717, 1.165) is 0 Å². The van der Waals surface area contributed by atoms with Gasteiger partial charge in [-0.05, 0) is 13.0 Å². The molecule has 1 aromatic carbocycles. The van der Waals surface area contributed by atoms with Crippen LogP contribution in [0.4, 0.5) is 16.3 Å². The first-order chi connectivity index (χ1) is 10.1. The summed E-state index contributed by atoms with van der Waals surface area (Å²) in [6, 6.07) is 6.60. The molecule has 112 valence electrons.